The van der Waals surface area contributed by atoms with E-state index in [4.69, 9.17) is 0 Å². The van der Waals surface area contributed by atoms with Gasteiger partial charge in [-0.25, -0.2) is 8.42 Å². The van der Waals surface area contributed by atoms with Crippen LogP contribution in [0.3, 0.4) is 0 Å². The number of hydrogen-bond donors (Lipinski definition) is 0. The van der Waals surface area contributed by atoms with Crippen LogP contribution in [-0.4, -0.2) is 8.42 Å². The molecule has 4 rings (SSSR count). The van der Waals surface area contributed by atoms with Crippen molar-refractivity contribution in [2.45, 2.75) is 50.6 Å². The summed E-state index contributed by atoms with van der Waals surface area (Å²) in [6.07, 6.45) is 0. The molecule has 0 heterocycles. The molecular weight excluding hydrogens is 601 g/mol. The third-order valence-corrected chi connectivity index (χ3v) is 7.27. The minimum absolute atomic E-state index is 0.115. The second-order valence-electron chi connectivity index (χ2n) is 9.17. The maximum absolute atomic E-state index is 12.8. The molecule has 1 radical (unpaired) electrons. The summed E-state index contributed by atoms with van der Waals surface area (Å²) < 4.78 is 29.6. The van der Waals surface area contributed by atoms with E-state index in [1.807, 2.05) is 36.4 Å². The van der Waals surface area contributed by atoms with Crippen molar-refractivity contribution in [2.24, 2.45) is 0 Å². The van der Waals surface area contributed by atoms with E-state index >= 15 is 0 Å². The Bertz CT molecular complexity index is 1320. The van der Waals surface area contributed by atoms with Crippen molar-refractivity contribution in [1.82, 2.24) is 0 Å². The van der Waals surface area contributed by atoms with Crippen molar-refractivity contribution in [3.63, 3.8) is 0 Å². The van der Waals surface area contributed by atoms with E-state index in [2.05, 4.69) is 59.4 Å². The van der Waals surface area contributed by atoms with Gasteiger partial charge in [-0.1, -0.05) is 133 Å². The fraction of sp³-hybridized carbons (Fsp3) is 0.226. The Morgan fingerprint density at radius 1 is 0.658 bits per heavy atom. The molecular formula is C31H33ClN2O2RuS. The molecule has 0 aliphatic carbocycles. The van der Waals surface area contributed by atoms with Gasteiger partial charge in [-0.3, -0.25) is 0 Å². The molecule has 38 heavy (non-hydrogen) atoms. The van der Waals surface area contributed by atoms with Crippen LogP contribution in [0.5, 0.6) is 0 Å². The van der Waals surface area contributed by atoms with Gasteiger partial charge in [0.2, 0.25) is 0 Å². The van der Waals surface area contributed by atoms with E-state index in [9.17, 15) is 14.2 Å². The average molecular weight is 634 g/mol. The third kappa shape index (κ3) is 9.76. The van der Waals surface area contributed by atoms with E-state index in [0.29, 0.717) is 17.0 Å². The number of aryl methyl sites for hydroxylation is 2. The van der Waals surface area contributed by atoms with E-state index in [0.717, 1.165) is 5.56 Å². The molecule has 4 nitrogen and oxygen atoms in total. The Morgan fingerprint density at radius 2 is 1.08 bits per heavy atom. The number of benzene rings is 4. The van der Waals surface area contributed by atoms with Gasteiger partial charge in [-0.2, -0.15) is 0 Å². The van der Waals surface area contributed by atoms with E-state index in [1.54, 1.807) is 60.7 Å². The second kappa shape index (κ2) is 15.9. The number of rotatable bonds is 7. The standard InChI is InChI=1S/C21H19N2O2S.C10H14.ClH.Ru/c1-16-12-14-19(15-13-16)26(24,25)23-21(18-10-6-3-7-11-18)20(22)17-8-4-2-5-9-17;1-8(2)10-6-4-9(3)5-7-10;;/h2-15,20-21H,1H3;4-8H,1-3H3;1H;/q-2;;;+3/p-1/t20-,21-;;;/m1.../s1. The predicted molar refractivity (Wildman–Crippen MR) is 155 cm³/mol. The molecule has 0 saturated heterocycles. The van der Waals surface area contributed by atoms with Gasteiger partial charge in [-0.05, 0) is 37.5 Å². The van der Waals surface area contributed by atoms with E-state index in [1.165, 1.54) is 23.3 Å². The Balaban J connectivity index is 0.000000353. The van der Waals surface area contributed by atoms with Crippen molar-refractivity contribution in [1.29, 1.82) is 0 Å². The van der Waals surface area contributed by atoms with Crippen LogP contribution in [0.4, 0.5) is 0 Å². The average Bonchev–Trinajstić information content (AvgIpc) is 2.94. The summed E-state index contributed by atoms with van der Waals surface area (Å²) >= 11 is 1.82. The summed E-state index contributed by atoms with van der Waals surface area (Å²) in [6.45, 7) is 8.43. The summed E-state index contributed by atoms with van der Waals surface area (Å²) in [5, 5.41) is 0. The van der Waals surface area contributed by atoms with Gasteiger partial charge in [0.05, 0.1) is 0 Å². The molecule has 0 fully saturated rings. The summed E-state index contributed by atoms with van der Waals surface area (Å²) in [6, 6.07) is 31.2. The summed E-state index contributed by atoms with van der Waals surface area (Å²) in [4.78, 5) is 0.115. The quantitative estimate of drug-likeness (QED) is 0.190. The second-order valence-corrected chi connectivity index (χ2v) is 10.8. The van der Waals surface area contributed by atoms with E-state index < -0.39 is 22.1 Å². The molecule has 0 aromatic heterocycles. The van der Waals surface area contributed by atoms with Crippen LogP contribution in [0.15, 0.2) is 114 Å². The molecule has 7 heteroatoms. The SMILES string of the molecule is Cc1ccc(C(C)C)cc1.Cc1ccc(S(=O)(=O)[N-][C@H](c2ccccc2)[C@H]([N-])c2ccccc2)cc1.[Cl][Ru+2]. The first-order valence-electron chi connectivity index (χ1n) is 12.2. The van der Waals surface area contributed by atoms with Crippen molar-refractivity contribution in [2.75, 3.05) is 0 Å². The molecule has 0 amide bonds. The topological polar surface area (TPSA) is 70.5 Å². The molecule has 0 spiro atoms. The number of hydrogen-bond acceptors (Lipinski definition) is 2. The van der Waals surface area contributed by atoms with Crippen molar-refractivity contribution >= 4 is 19.7 Å². The molecule has 0 unspecified atom stereocenters. The van der Waals surface area contributed by atoms with Gasteiger partial charge in [0, 0.05) is 4.90 Å². The van der Waals surface area contributed by atoms with Crippen molar-refractivity contribution < 1.29 is 25.7 Å². The first kappa shape index (κ1) is 31.9. The van der Waals surface area contributed by atoms with Crippen LogP contribution in [0.2, 0.25) is 0 Å². The van der Waals surface area contributed by atoms with Crippen molar-refractivity contribution in [3.05, 3.63) is 147 Å². The predicted octanol–water partition coefficient (Wildman–Crippen LogP) is 9.18. The van der Waals surface area contributed by atoms with Crippen LogP contribution < -0.4 is 0 Å². The maximum atomic E-state index is 12.8. The van der Waals surface area contributed by atoms with Crippen LogP contribution in [0.25, 0.3) is 10.5 Å². The fourth-order valence-electron chi connectivity index (χ4n) is 3.66. The zero-order chi connectivity index (χ0) is 28.1. The number of nitrogens with zero attached hydrogens (tertiary/aromatic N) is 2. The Kier molecular flexibility index (Phi) is 13.4. The molecule has 4 aromatic carbocycles. The molecule has 0 N–H and O–H groups in total. The monoisotopic (exact) mass is 634 g/mol. The molecule has 4 aromatic rings. The van der Waals surface area contributed by atoms with E-state index in [-0.39, 0.29) is 4.90 Å². The molecule has 200 valence electrons. The first-order valence-corrected chi connectivity index (χ1v) is 15.9. The van der Waals surface area contributed by atoms with Gasteiger partial charge in [-0.15, -0.1) is 12.1 Å². The molecule has 0 aliphatic heterocycles. The summed E-state index contributed by atoms with van der Waals surface area (Å²) in [5.74, 6) is 0.653. The summed E-state index contributed by atoms with van der Waals surface area (Å²) in [7, 11) is 0.656. The fourth-order valence-corrected chi connectivity index (χ4v) is 4.79. The third-order valence-electron chi connectivity index (χ3n) is 5.90. The number of halogens is 1. The van der Waals surface area contributed by atoms with Crippen molar-refractivity contribution in [3.8, 4) is 0 Å². The molecule has 2 atom stereocenters. The van der Waals surface area contributed by atoms with Crippen LogP contribution in [0, 0.1) is 13.8 Å². The zero-order valence-corrected chi connectivity index (χ0v) is 25.3. The Hall–Kier alpha value is -2.34. The molecule has 0 bridgehead atoms. The zero-order valence-electron chi connectivity index (χ0n) is 22.0. The molecule has 0 saturated carbocycles. The Morgan fingerprint density at radius 3 is 1.53 bits per heavy atom. The Labute approximate surface area is 242 Å². The van der Waals surface area contributed by atoms with Crippen LogP contribution in [-0.2, 0) is 27.3 Å². The van der Waals surface area contributed by atoms with Gasteiger partial charge in [0.15, 0.2) is 0 Å². The minimum atomic E-state index is -3.91. The van der Waals surface area contributed by atoms with Crippen LogP contribution in [0.1, 0.15) is 59.7 Å². The van der Waals surface area contributed by atoms with Gasteiger partial charge in [0.25, 0.3) is 0 Å². The number of sulfonamides is 1. The van der Waals surface area contributed by atoms with Gasteiger partial charge < -0.3 is 10.5 Å². The molecule has 0 aliphatic rings. The summed E-state index contributed by atoms with van der Waals surface area (Å²) in [5.41, 5.74) is 15.8. The van der Waals surface area contributed by atoms with Gasteiger partial charge in [0.1, 0.15) is 10.0 Å². The van der Waals surface area contributed by atoms with Gasteiger partial charge >= 0.3 is 27.0 Å². The van der Waals surface area contributed by atoms with Crippen LogP contribution >= 0.6 is 9.69 Å². The normalized spacial score (nSPS) is 12.4. The first-order chi connectivity index (χ1) is 18.2.